The Morgan fingerprint density at radius 3 is 2.67 bits per heavy atom. The quantitative estimate of drug-likeness (QED) is 0.824. The predicted molar refractivity (Wildman–Crippen MR) is 75.3 cm³/mol. The Labute approximate surface area is 111 Å². The molecular formula is C14H29N3O. The minimum atomic E-state index is -0.352. The normalized spacial score (nSPS) is 28.8. The Bertz CT molecular complexity index is 282. The van der Waals surface area contributed by atoms with Crippen molar-refractivity contribution >= 4 is 5.91 Å². The van der Waals surface area contributed by atoms with Crippen molar-refractivity contribution in [3.05, 3.63) is 0 Å². The summed E-state index contributed by atoms with van der Waals surface area (Å²) in [5.74, 6) is 0.356. The largest absolute Gasteiger partial charge is 0.341 e. The molecule has 0 bridgehead atoms. The number of nitrogens with zero attached hydrogens (tertiary/aromatic N) is 2. The number of likely N-dealkylation sites (tertiary alicyclic amines) is 1. The van der Waals surface area contributed by atoms with Gasteiger partial charge in [-0.2, -0.15) is 0 Å². The summed E-state index contributed by atoms with van der Waals surface area (Å²) in [6, 6.07) is 0.535. The second-order valence-electron chi connectivity index (χ2n) is 5.87. The second kappa shape index (κ2) is 6.53. The van der Waals surface area contributed by atoms with Crippen LogP contribution in [0.5, 0.6) is 0 Å². The first-order valence-corrected chi connectivity index (χ1v) is 7.10. The molecule has 1 saturated heterocycles. The lowest BCUT2D eigenvalue weighted by molar-refractivity contribution is -0.135. The van der Waals surface area contributed by atoms with E-state index in [1.807, 2.05) is 18.9 Å². The van der Waals surface area contributed by atoms with Crippen LogP contribution in [-0.2, 0) is 4.79 Å². The molecule has 0 saturated carbocycles. The lowest BCUT2D eigenvalue weighted by Gasteiger charge is -2.40. The summed E-state index contributed by atoms with van der Waals surface area (Å²) in [6.45, 7) is 7.41. The molecule has 0 aromatic rings. The molecule has 106 valence electrons. The van der Waals surface area contributed by atoms with Gasteiger partial charge >= 0.3 is 0 Å². The third-order valence-electron chi connectivity index (χ3n) is 4.62. The van der Waals surface area contributed by atoms with E-state index >= 15 is 0 Å². The lowest BCUT2D eigenvalue weighted by atomic mass is 9.94. The summed E-state index contributed by atoms with van der Waals surface area (Å²) in [5, 5.41) is 0. The molecule has 0 aromatic heterocycles. The van der Waals surface area contributed by atoms with E-state index in [0.717, 1.165) is 25.8 Å². The highest BCUT2D eigenvalue weighted by atomic mass is 16.2. The zero-order valence-corrected chi connectivity index (χ0v) is 12.5. The average molecular weight is 255 g/mol. The van der Waals surface area contributed by atoms with Gasteiger partial charge in [-0.15, -0.1) is 0 Å². The zero-order valence-electron chi connectivity index (χ0n) is 12.5. The number of hydrogen-bond donors (Lipinski definition) is 1. The summed E-state index contributed by atoms with van der Waals surface area (Å²) in [5.41, 5.74) is 6.04. The molecule has 4 unspecified atom stereocenters. The van der Waals surface area contributed by atoms with Gasteiger partial charge in [-0.1, -0.05) is 20.3 Å². The van der Waals surface area contributed by atoms with Crippen LogP contribution in [0.3, 0.4) is 0 Å². The molecule has 0 aromatic carbocycles. The van der Waals surface area contributed by atoms with Crippen LogP contribution in [0.2, 0.25) is 0 Å². The molecule has 1 amide bonds. The molecule has 4 atom stereocenters. The summed E-state index contributed by atoms with van der Waals surface area (Å²) in [4.78, 5) is 16.6. The van der Waals surface area contributed by atoms with Crippen LogP contribution in [0.1, 0.15) is 40.0 Å². The maximum atomic E-state index is 12.3. The minimum Gasteiger partial charge on any atom is -0.341 e. The Morgan fingerprint density at radius 1 is 1.56 bits per heavy atom. The van der Waals surface area contributed by atoms with Crippen molar-refractivity contribution in [2.45, 2.75) is 58.2 Å². The van der Waals surface area contributed by atoms with Crippen LogP contribution in [0.25, 0.3) is 0 Å². The van der Waals surface area contributed by atoms with Gasteiger partial charge in [0.05, 0.1) is 6.04 Å². The monoisotopic (exact) mass is 255 g/mol. The molecule has 1 aliphatic rings. The molecule has 4 nitrogen and oxygen atoms in total. The molecule has 1 aliphatic heterocycles. The number of carbonyl (C=O) groups is 1. The number of likely N-dealkylation sites (N-methyl/N-ethyl adjacent to an activating group) is 1. The summed E-state index contributed by atoms with van der Waals surface area (Å²) >= 11 is 0. The third-order valence-corrected chi connectivity index (χ3v) is 4.62. The van der Waals surface area contributed by atoms with Gasteiger partial charge in [0.15, 0.2) is 0 Å². The van der Waals surface area contributed by atoms with E-state index in [2.05, 4.69) is 25.8 Å². The van der Waals surface area contributed by atoms with E-state index in [1.54, 1.807) is 0 Å². The highest BCUT2D eigenvalue weighted by Gasteiger charge is 2.31. The molecule has 0 spiro atoms. The summed E-state index contributed by atoms with van der Waals surface area (Å²) < 4.78 is 0. The molecule has 1 heterocycles. The molecule has 2 N–H and O–H groups in total. The standard InChI is InChI=1S/C14H29N3O/c1-6-10(2)13(15)14(18)17(5)12-7-8-16(4)11(3)9-12/h10-13H,6-9,15H2,1-5H3. The van der Waals surface area contributed by atoms with Gasteiger partial charge in [-0.25, -0.2) is 0 Å². The topological polar surface area (TPSA) is 49.6 Å². The predicted octanol–water partition coefficient (Wildman–Crippen LogP) is 1.30. The number of rotatable bonds is 4. The Kier molecular flexibility index (Phi) is 5.60. The van der Waals surface area contributed by atoms with E-state index in [-0.39, 0.29) is 17.9 Å². The van der Waals surface area contributed by atoms with E-state index in [1.165, 1.54) is 0 Å². The number of piperidine rings is 1. The first-order chi connectivity index (χ1) is 8.38. The van der Waals surface area contributed by atoms with E-state index in [9.17, 15) is 4.79 Å². The van der Waals surface area contributed by atoms with Gasteiger partial charge in [-0.3, -0.25) is 4.79 Å². The maximum Gasteiger partial charge on any atom is 0.239 e. The van der Waals surface area contributed by atoms with Crippen LogP contribution in [0.15, 0.2) is 0 Å². The second-order valence-corrected chi connectivity index (χ2v) is 5.87. The fourth-order valence-corrected chi connectivity index (χ4v) is 2.53. The zero-order chi connectivity index (χ0) is 13.9. The first-order valence-electron chi connectivity index (χ1n) is 7.10. The first kappa shape index (κ1) is 15.4. The Hall–Kier alpha value is -0.610. The maximum absolute atomic E-state index is 12.3. The van der Waals surface area contributed by atoms with Crippen molar-refractivity contribution in [3.63, 3.8) is 0 Å². The highest BCUT2D eigenvalue weighted by molar-refractivity contribution is 5.82. The van der Waals surface area contributed by atoms with Crippen LogP contribution in [0, 0.1) is 5.92 Å². The molecule has 18 heavy (non-hydrogen) atoms. The van der Waals surface area contributed by atoms with Crippen molar-refractivity contribution in [3.8, 4) is 0 Å². The van der Waals surface area contributed by atoms with Crippen molar-refractivity contribution in [1.82, 2.24) is 9.80 Å². The minimum absolute atomic E-state index is 0.103. The number of nitrogens with two attached hydrogens (primary N) is 1. The van der Waals surface area contributed by atoms with Crippen LogP contribution < -0.4 is 5.73 Å². The highest BCUT2D eigenvalue weighted by Crippen LogP contribution is 2.21. The van der Waals surface area contributed by atoms with Crippen molar-refractivity contribution in [1.29, 1.82) is 0 Å². The fraction of sp³-hybridized carbons (Fsp3) is 0.929. The lowest BCUT2D eigenvalue weighted by Crippen LogP contribution is -2.53. The van der Waals surface area contributed by atoms with Crippen LogP contribution >= 0.6 is 0 Å². The van der Waals surface area contributed by atoms with Crippen molar-refractivity contribution in [2.75, 3.05) is 20.6 Å². The molecule has 1 fully saturated rings. The van der Waals surface area contributed by atoms with Crippen LogP contribution in [0.4, 0.5) is 0 Å². The van der Waals surface area contributed by atoms with Crippen LogP contribution in [-0.4, -0.2) is 54.5 Å². The number of hydrogen-bond acceptors (Lipinski definition) is 3. The Morgan fingerprint density at radius 2 is 2.17 bits per heavy atom. The van der Waals surface area contributed by atoms with Gasteiger partial charge in [0.1, 0.15) is 0 Å². The number of carbonyl (C=O) groups excluding carboxylic acids is 1. The van der Waals surface area contributed by atoms with Gasteiger partial charge in [0.25, 0.3) is 0 Å². The van der Waals surface area contributed by atoms with Gasteiger partial charge in [0.2, 0.25) is 5.91 Å². The number of amides is 1. The molecule has 0 radical (unpaired) electrons. The van der Waals surface area contributed by atoms with Gasteiger partial charge in [-0.05, 0) is 32.7 Å². The third kappa shape index (κ3) is 3.45. The smallest absolute Gasteiger partial charge is 0.239 e. The van der Waals surface area contributed by atoms with Gasteiger partial charge < -0.3 is 15.5 Å². The van der Waals surface area contributed by atoms with E-state index < -0.39 is 0 Å². The average Bonchev–Trinajstić information content (AvgIpc) is 2.38. The van der Waals surface area contributed by atoms with Crippen molar-refractivity contribution < 1.29 is 4.79 Å². The molecular weight excluding hydrogens is 226 g/mol. The van der Waals surface area contributed by atoms with Crippen molar-refractivity contribution in [2.24, 2.45) is 11.7 Å². The van der Waals surface area contributed by atoms with E-state index in [4.69, 9.17) is 5.73 Å². The SMILES string of the molecule is CCC(C)C(N)C(=O)N(C)C1CCN(C)C(C)C1. The molecule has 1 rings (SSSR count). The molecule has 4 heteroatoms. The summed E-state index contributed by atoms with van der Waals surface area (Å²) in [6.07, 6.45) is 3.05. The summed E-state index contributed by atoms with van der Waals surface area (Å²) in [7, 11) is 4.06. The Balaban J connectivity index is 2.58. The van der Waals surface area contributed by atoms with Gasteiger partial charge in [0, 0.05) is 25.7 Å². The van der Waals surface area contributed by atoms with E-state index in [0.29, 0.717) is 12.1 Å². The fourth-order valence-electron chi connectivity index (χ4n) is 2.53. The molecule has 0 aliphatic carbocycles.